The highest BCUT2D eigenvalue weighted by Gasteiger charge is 2.50. The minimum atomic E-state index is -4.06. The number of imide groups is 1. The van der Waals surface area contributed by atoms with Gasteiger partial charge in [0.05, 0.1) is 28.1 Å². The predicted octanol–water partition coefficient (Wildman–Crippen LogP) is 3.35. The number of hydrogen-bond donors (Lipinski definition) is 3. The molecule has 34 heavy (non-hydrogen) atoms. The molecule has 0 radical (unpaired) electrons. The number of halogens is 1. The Bertz CT molecular complexity index is 1240. The van der Waals surface area contributed by atoms with Crippen molar-refractivity contribution < 1.29 is 27.9 Å². The van der Waals surface area contributed by atoms with E-state index in [4.69, 9.17) is 11.6 Å². The second kappa shape index (κ2) is 9.27. The van der Waals surface area contributed by atoms with Crippen molar-refractivity contribution in [3.63, 3.8) is 0 Å². The highest BCUT2D eigenvalue weighted by atomic mass is 35.5. The summed E-state index contributed by atoms with van der Waals surface area (Å²) in [5.41, 5.74) is 0.0784. The van der Waals surface area contributed by atoms with Gasteiger partial charge in [0.15, 0.2) is 0 Å². The molecule has 0 unspecified atom stereocenters. The zero-order valence-electron chi connectivity index (χ0n) is 18.3. The van der Waals surface area contributed by atoms with E-state index < -0.39 is 33.8 Å². The molecular formula is C23H24ClN3O6S. The number of carbonyl (C=O) groups excluding carboxylic acids is 3. The number of rotatable bonds is 6. The Labute approximate surface area is 202 Å². The summed E-state index contributed by atoms with van der Waals surface area (Å²) in [4.78, 5) is 39.2. The monoisotopic (exact) mass is 505 g/mol. The van der Waals surface area contributed by atoms with Crippen molar-refractivity contribution in [3.05, 3.63) is 47.5 Å². The number of likely N-dealkylation sites (tertiary alicyclic amines) is 1. The predicted molar refractivity (Wildman–Crippen MR) is 126 cm³/mol. The number of phenolic OH excluding ortho intramolecular Hbond substituents is 1. The maximum Gasteiger partial charge on any atom is 0.261 e. The average molecular weight is 506 g/mol. The third-order valence-electron chi connectivity index (χ3n) is 6.25. The third-order valence-corrected chi connectivity index (χ3v) is 7.87. The Morgan fingerprint density at radius 2 is 1.74 bits per heavy atom. The van der Waals surface area contributed by atoms with Crippen molar-refractivity contribution in [1.29, 1.82) is 0 Å². The maximum absolute atomic E-state index is 12.9. The molecule has 2 aromatic rings. The molecule has 0 spiro atoms. The Morgan fingerprint density at radius 3 is 2.35 bits per heavy atom. The Balaban J connectivity index is 1.52. The van der Waals surface area contributed by atoms with Gasteiger partial charge in [-0.3, -0.25) is 24.0 Å². The first-order valence-corrected chi connectivity index (χ1v) is 12.7. The van der Waals surface area contributed by atoms with Crippen LogP contribution in [0.25, 0.3) is 0 Å². The van der Waals surface area contributed by atoms with Gasteiger partial charge in [-0.15, -0.1) is 0 Å². The van der Waals surface area contributed by atoms with Gasteiger partial charge < -0.3 is 10.4 Å². The van der Waals surface area contributed by atoms with Crippen molar-refractivity contribution in [2.24, 2.45) is 11.8 Å². The number of carbonyl (C=O) groups is 3. The summed E-state index contributed by atoms with van der Waals surface area (Å²) < 4.78 is 28.0. The summed E-state index contributed by atoms with van der Waals surface area (Å²) in [5, 5.41) is 13.0. The molecule has 1 heterocycles. The zero-order valence-corrected chi connectivity index (χ0v) is 19.9. The number of fused-ring (bicyclic) bond motifs is 1. The normalized spacial score (nSPS) is 21.2. The molecule has 0 aromatic heterocycles. The smallest absolute Gasteiger partial charge is 0.261 e. The quantitative estimate of drug-likeness (QED) is 0.407. The minimum absolute atomic E-state index is 0.165. The molecule has 1 saturated carbocycles. The molecule has 3 N–H and O–H groups in total. The molecule has 180 valence electrons. The average Bonchev–Trinajstić information content (AvgIpc) is 3.04. The lowest BCUT2D eigenvalue weighted by Crippen LogP contribution is -2.46. The van der Waals surface area contributed by atoms with Gasteiger partial charge in [0.25, 0.3) is 10.0 Å². The Kier molecular flexibility index (Phi) is 6.55. The first-order chi connectivity index (χ1) is 16.1. The molecule has 3 amide bonds. The topological polar surface area (TPSA) is 133 Å². The van der Waals surface area contributed by atoms with Crippen molar-refractivity contribution in [2.45, 2.75) is 43.5 Å². The molecule has 4 rings (SSSR count). The number of nitrogens with zero attached hydrogens (tertiary/aromatic N) is 1. The van der Waals surface area contributed by atoms with Crippen LogP contribution >= 0.6 is 11.6 Å². The van der Waals surface area contributed by atoms with Crippen molar-refractivity contribution >= 4 is 50.7 Å². The fourth-order valence-electron chi connectivity index (χ4n) is 4.47. The van der Waals surface area contributed by atoms with Gasteiger partial charge >= 0.3 is 0 Å². The van der Waals surface area contributed by atoms with Crippen LogP contribution in [0.5, 0.6) is 5.75 Å². The van der Waals surface area contributed by atoms with E-state index in [2.05, 4.69) is 10.0 Å². The van der Waals surface area contributed by atoms with Gasteiger partial charge in [-0.05, 0) is 56.2 Å². The lowest BCUT2D eigenvalue weighted by molar-refractivity contribution is -0.146. The molecule has 1 aliphatic carbocycles. The second-order valence-electron chi connectivity index (χ2n) is 8.50. The molecule has 2 aromatic carbocycles. The molecule has 3 atom stereocenters. The van der Waals surface area contributed by atoms with Gasteiger partial charge in [-0.2, -0.15) is 0 Å². The van der Waals surface area contributed by atoms with Gasteiger partial charge in [-0.25, -0.2) is 8.42 Å². The Morgan fingerprint density at radius 1 is 1.09 bits per heavy atom. The van der Waals surface area contributed by atoms with Crippen LogP contribution in [-0.4, -0.2) is 42.2 Å². The van der Waals surface area contributed by atoms with E-state index in [0.29, 0.717) is 17.9 Å². The second-order valence-corrected chi connectivity index (χ2v) is 10.6. The van der Waals surface area contributed by atoms with E-state index in [9.17, 15) is 27.9 Å². The van der Waals surface area contributed by atoms with Crippen molar-refractivity contribution in [2.75, 3.05) is 10.0 Å². The van der Waals surface area contributed by atoms with Crippen LogP contribution in [0, 0.1) is 11.8 Å². The number of nitrogens with one attached hydrogen (secondary N) is 2. The third kappa shape index (κ3) is 4.60. The molecule has 2 aliphatic rings. The SMILES string of the molecule is C[C@H](C(=O)Nc1cc(S(=O)(=O)Nc2cccc(Cl)c2)ccc1O)N1C(=O)[C@H]2CCCC[C@@H]2C1=O. The fraction of sp³-hybridized carbons (Fsp3) is 0.348. The van der Waals surface area contributed by atoms with Gasteiger partial charge in [0.2, 0.25) is 17.7 Å². The lowest BCUT2D eigenvalue weighted by atomic mass is 9.81. The summed E-state index contributed by atoms with van der Waals surface area (Å²) in [5.74, 6) is -2.58. The van der Waals surface area contributed by atoms with Gasteiger partial charge in [0.1, 0.15) is 11.8 Å². The molecule has 1 saturated heterocycles. The summed E-state index contributed by atoms with van der Waals surface area (Å²) in [6, 6.07) is 8.44. The number of amides is 3. The molecule has 1 aliphatic heterocycles. The number of hydrogen-bond acceptors (Lipinski definition) is 6. The zero-order chi connectivity index (χ0) is 24.6. The van der Waals surface area contributed by atoms with Gasteiger partial charge in [-0.1, -0.05) is 30.5 Å². The number of benzene rings is 2. The van der Waals surface area contributed by atoms with E-state index in [1.165, 1.54) is 25.1 Å². The fourth-order valence-corrected chi connectivity index (χ4v) is 5.74. The van der Waals surface area contributed by atoms with Gasteiger partial charge in [0, 0.05) is 5.02 Å². The summed E-state index contributed by atoms with van der Waals surface area (Å²) >= 11 is 5.90. The molecule has 11 heteroatoms. The first kappa shape index (κ1) is 24.0. The van der Waals surface area contributed by atoms with E-state index in [0.717, 1.165) is 29.9 Å². The molecular weight excluding hydrogens is 482 g/mol. The van der Waals surface area contributed by atoms with E-state index >= 15 is 0 Å². The van der Waals surface area contributed by atoms with Crippen molar-refractivity contribution in [1.82, 2.24) is 4.90 Å². The van der Waals surface area contributed by atoms with Crippen LogP contribution < -0.4 is 10.0 Å². The highest BCUT2D eigenvalue weighted by Crippen LogP contribution is 2.39. The summed E-state index contributed by atoms with van der Waals surface area (Å²) in [7, 11) is -4.06. The first-order valence-electron chi connectivity index (χ1n) is 10.9. The van der Waals surface area contributed by atoms with Crippen LogP contribution in [-0.2, 0) is 24.4 Å². The summed E-state index contributed by atoms with van der Waals surface area (Å²) in [6.45, 7) is 1.43. The largest absolute Gasteiger partial charge is 0.506 e. The molecule has 0 bridgehead atoms. The number of aromatic hydroxyl groups is 1. The number of sulfonamides is 1. The van der Waals surface area contributed by atoms with E-state index in [-0.39, 0.29) is 33.8 Å². The lowest BCUT2D eigenvalue weighted by Gasteiger charge is -2.22. The standard InChI is InChI=1S/C23H24ClN3O6S/c1-13(27-22(30)17-7-2-3-8-18(17)23(27)31)21(29)25-19-12-16(9-10-20(19)28)34(32,33)26-15-6-4-5-14(24)11-15/h4-6,9-13,17-18,26,28H,2-3,7-8H2,1H3,(H,25,29)/t13-,17+,18+/m1/s1. The molecule has 9 nitrogen and oxygen atoms in total. The van der Waals surface area contributed by atoms with Crippen LogP contribution in [0.2, 0.25) is 5.02 Å². The van der Waals surface area contributed by atoms with Crippen LogP contribution in [0.4, 0.5) is 11.4 Å². The molecule has 2 fully saturated rings. The highest BCUT2D eigenvalue weighted by molar-refractivity contribution is 7.92. The minimum Gasteiger partial charge on any atom is -0.506 e. The summed E-state index contributed by atoms with van der Waals surface area (Å²) in [6.07, 6.45) is 2.99. The van der Waals surface area contributed by atoms with Crippen LogP contribution in [0.3, 0.4) is 0 Å². The van der Waals surface area contributed by atoms with Crippen molar-refractivity contribution in [3.8, 4) is 5.75 Å². The van der Waals surface area contributed by atoms with E-state index in [1.807, 2.05) is 0 Å². The van der Waals surface area contributed by atoms with Crippen LogP contribution in [0.15, 0.2) is 47.4 Å². The van der Waals surface area contributed by atoms with Crippen LogP contribution in [0.1, 0.15) is 32.6 Å². The van der Waals surface area contributed by atoms with E-state index in [1.54, 1.807) is 12.1 Å². The number of phenols is 1. The maximum atomic E-state index is 12.9. The Hall–Kier alpha value is -3.11. The number of anilines is 2.